The van der Waals surface area contributed by atoms with E-state index in [2.05, 4.69) is 20.4 Å². The van der Waals surface area contributed by atoms with Gasteiger partial charge >= 0.3 is 0 Å². The molecule has 1 fully saturated rings. The summed E-state index contributed by atoms with van der Waals surface area (Å²) in [7, 11) is 1.66. The Morgan fingerprint density at radius 2 is 2.35 bits per heavy atom. The second-order valence-corrected chi connectivity index (χ2v) is 5.01. The van der Waals surface area contributed by atoms with Crippen molar-refractivity contribution >= 4 is 5.91 Å². The summed E-state index contributed by atoms with van der Waals surface area (Å²) in [5.41, 5.74) is 0. The lowest BCUT2D eigenvalue weighted by molar-refractivity contribution is -0.121. The van der Waals surface area contributed by atoms with Crippen LogP contribution in [-0.4, -0.2) is 53.8 Å². The molecule has 2 heterocycles. The summed E-state index contributed by atoms with van der Waals surface area (Å²) in [6.45, 7) is 6.12. The Hall–Kier alpha value is -1.47. The van der Waals surface area contributed by atoms with E-state index in [-0.39, 0.29) is 18.1 Å². The standard InChI is InChI=1S/C13H22N4O3/c1-9-12(13-15-10(2)16-20-13)17(7-8-19-9)6-4-5-11(18)14-3/h9,12H,4-8H2,1-3H3,(H,14,18)/t9-,12+/m1/s1. The van der Waals surface area contributed by atoms with Crippen LogP contribution in [0.5, 0.6) is 0 Å². The zero-order chi connectivity index (χ0) is 14.5. The van der Waals surface area contributed by atoms with Crippen molar-refractivity contribution in [2.75, 3.05) is 26.7 Å². The second-order valence-electron chi connectivity index (χ2n) is 5.01. The molecular weight excluding hydrogens is 260 g/mol. The van der Waals surface area contributed by atoms with Gasteiger partial charge < -0.3 is 14.6 Å². The van der Waals surface area contributed by atoms with Crippen molar-refractivity contribution in [3.63, 3.8) is 0 Å². The van der Waals surface area contributed by atoms with Crippen molar-refractivity contribution in [2.45, 2.75) is 38.8 Å². The van der Waals surface area contributed by atoms with Gasteiger partial charge in [0.05, 0.1) is 12.7 Å². The second kappa shape index (κ2) is 6.81. The molecule has 1 aliphatic heterocycles. The van der Waals surface area contributed by atoms with Gasteiger partial charge in [0.2, 0.25) is 11.8 Å². The molecule has 1 aromatic heterocycles. The first kappa shape index (κ1) is 14.9. The molecular formula is C13H22N4O3. The Labute approximate surface area is 118 Å². The number of nitrogens with one attached hydrogen (secondary N) is 1. The fourth-order valence-electron chi connectivity index (χ4n) is 2.49. The maximum atomic E-state index is 11.3. The highest BCUT2D eigenvalue weighted by atomic mass is 16.5. The molecule has 0 aromatic carbocycles. The first-order chi connectivity index (χ1) is 9.61. The van der Waals surface area contributed by atoms with E-state index in [9.17, 15) is 4.79 Å². The van der Waals surface area contributed by atoms with Crippen LogP contribution in [0.4, 0.5) is 0 Å². The lowest BCUT2D eigenvalue weighted by Gasteiger charge is -2.37. The number of morpholine rings is 1. The van der Waals surface area contributed by atoms with Gasteiger partial charge in [0.1, 0.15) is 6.04 Å². The van der Waals surface area contributed by atoms with E-state index in [4.69, 9.17) is 9.26 Å². The minimum atomic E-state index is -0.0327. The van der Waals surface area contributed by atoms with E-state index < -0.39 is 0 Å². The first-order valence-electron chi connectivity index (χ1n) is 6.98. The molecule has 1 N–H and O–H groups in total. The number of aromatic nitrogens is 2. The van der Waals surface area contributed by atoms with Crippen LogP contribution in [-0.2, 0) is 9.53 Å². The van der Waals surface area contributed by atoms with Gasteiger partial charge in [-0.1, -0.05) is 5.16 Å². The summed E-state index contributed by atoms with van der Waals surface area (Å²) >= 11 is 0. The highest BCUT2D eigenvalue weighted by Gasteiger charge is 2.34. The molecule has 0 saturated carbocycles. The van der Waals surface area contributed by atoms with Crippen LogP contribution in [0.1, 0.15) is 37.5 Å². The van der Waals surface area contributed by atoms with E-state index >= 15 is 0 Å². The quantitative estimate of drug-likeness (QED) is 0.855. The lowest BCUT2D eigenvalue weighted by Crippen LogP contribution is -2.44. The Balaban J connectivity index is 1.99. The summed E-state index contributed by atoms with van der Waals surface area (Å²) in [6.07, 6.45) is 1.33. The van der Waals surface area contributed by atoms with E-state index in [1.807, 2.05) is 6.92 Å². The highest BCUT2D eigenvalue weighted by Crippen LogP contribution is 2.28. The van der Waals surface area contributed by atoms with Crippen LogP contribution >= 0.6 is 0 Å². The fourth-order valence-corrected chi connectivity index (χ4v) is 2.49. The van der Waals surface area contributed by atoms with Gasteiger partial charge in [-0.25, -0.2) is 0 Å². The van der Waals surface area contributed by atoms with Gasteiger partial charge in [-0.15, -0.1) is 0 Å². The average Bonchev–Trinajstić information content (AvgIpc) is 2.85. The molecule has 0 unspecified atom stereocenters. The number of hydrogen-bond donors (Lipinski definition) is 1. The van der Waals surface area contributed by atoms with E-state index in [1.54, 1.807) is 14.0 Å². The largest absolute Gasteiger partial charge is 0.375 e. The molecule has 20 heavy (non-hydrogen) atoms. The van der Waals surface area contributed by atoms with Crippen molar-refractivity contribution in [3.05, 3.63) is 11.7 Å². The van der Waals surface area contributed by atoms with Crippen molar-refractivity contribution in [3.8, 4) is 0 Å². The Morgan fingerprint density at radius 1 is 1.55 bits per heavy atom. The number of carbonyl (C=O) groups excluding carboxylic acids is 1. The molecule has 0 spiro atoms. The number of carbonyl (C=O) groups is 1. The smallest absolute Gasteiger partial charge is 0.246 e. The number of nitrogens with zero attached hydrogens (tertiary/aromatic N) is 3. The molecule has 2 atom stereocenters. The number of amides is 1. The summed E-state index contributed by atoms with van der Waals surface area (Å²) in [4.78, 5) is 17.8. The molecule has 7 heteroatoms. The molecule has 2 rings (SSSR count). The minimum Gasteiger partial charge on any atom is -0.375 e. The SMILES string of the molecule is CNC(=O)CCCN1CCO[C@H](C)[C@H]1c1nc(C)no1. The van der Waals surface area contributed by atoms with Gasteiger partial charge in [0.15, 0.2) is 5.82 Å². The van der Waals surface area contributed by atoms with Crippen molar-refractivity contribution in [1.82, 2.24) is 20.4 Å². The molecule has 7 nitrogen and oxygen atoms in total. The van der Waals surface area contributed by atoms with Crippen LogP contribution in [0.25, 0.3) is 0 Å². The van der Waals surface area contributed by atoms with Crippen molar-refractivity contribution < 1.29 is 14.1 Å². The molecule has 0 radical (unpaired) electrons. The lowest BCUT2D eigenvalue weighted by atomic mass is 10.1. The summed E-state index contributed by atoms with van der Waals surface area (Å²) in [5, 5.41) is 6.48. The number of ether oxygens (including phenoxy) is 1. The maximum Gasteiger partial charge on any atom is 0.246 e. The van der Waals surface area contributed by atoms with Gasteiger partial charge in [-0.05, 0) is 26.8 Å². The summed E-state index contributed by atoms with van der Waals surface area (Å²) < 4.78 is 11.0. The monoisotopic (exact) mass is 282 g/mol. The minimum absolute atomic E-state index is 0.00333. The normalized spacial score (nSPS) is 23.8. The van der Waals surface area contributed by atoms with Gasteiger partial charge in [0, 0.05) is 20.0 Å². The van der Waals surface area contributed by atoms with E-state index in [1.165, 1.54) is 0 Å². The molecule has 1 amide bonds. The zero-order valence-corrected chi connectivity index (χ0v) is 12.3. The predicted molar refractivity (Wildman–Crippen MR) is 72.1 cm³/mol. The Morgan fingerprint density at radius 3 is 3.00 bits per heavy atom. The number of aryl methyl sites for hydroxylation is 1. The topological polar surface area (TPSA) is 80.5 Å². The van der Waals surface area contributed by atoms with Crippen molar-refractivity contribution in [2.24, 2.45) is 0 Å². The summed E-state index contributed by atoms with van der Waals surface area (Å²) in [5.74, 6) is 1.29. The predicted octanol–water partition coefficient (Wildman–Crippen LogP) is 0.666. The third-order valence-electron chi connectivity index (χ3n) is 3.52. The van der Waals surface area contributed by atoms with Crippen LogP contribution < -0.4 is 5.32 Å². The van der Waals surface area contributed by atoms with E-state index in [0.717, 1.165) is 19.5 Å². The Bertz CT molecular complexity index is 449. The molecule has 112 valence electrons. The highest BCUT2D eigenvalue weighted by molar-refractivity contribution is 5.75. The maximum absolute atomic E-state index is 11.3. The van der Waals surface area contributed by atoms with Crippen molar-refractivity contribution in [1.29, 1.82) is 0 Å². The molecule has 0 bridgehead atoms. The molecule has 0 aliphatic carbocycles. The van der Waals surface area contributed by atoms with Gasteiger partial charge in [-0.2, -0.15) is 4.98 Å². The number of rotatable bonds is 5. The zero-order valence-electron chi connectivity index (χ0n) is 12.3. The molecule has 1 aromatic rings. The Kier molecular flexibility index (Phi) is 5.08. The van der Waals surface area contributed by atoms with Crippen LogP contribution in [0.3, 0.4) is 0 Å². The van der Waals surface area contributed by atoms with Crippen LogP contribution in [0.15, 0.2) is 4.52 Å². The van der Waals surface area contributed by atoms with Crippen LogP contribution in [0, 0.1) is 6.92 Å². The van der Waals surface area contributed by atoms with Crippen LogP contribution in [0.2, 0.25) is 0 Å². The number of hydrogen-bond acceptors (Lipinski definition) is 6. The van der Waals surface area contributed by atoms with Gasteiger partial charge in [0.25, 0.3) is 0 Å². The van der Waals surface area contributed by atoms with E-state index in [0.29, 0.717) is 24.7 Å². The van der Waals surface area contributed by atoms with Gasteiger partial charge in [-0.3, -0.25) is 9.69 Å². The molecule has 1 aliphatic rings. The average molecular weight is 282 g/mol. The third-order valence-corrected chi connectivity index (χ3v) is 3.52. The summed E-state index contributed by atoms with van der Waals surface area (Å²) in [6, 6.07) is -0.0327. The fraction of sp³-hybridized carbons (Fsp3) is 0.769. The molecule has 1 saturated heterocycles. The third kappa shape index (κ3) is 3.55. The first-order valence-corrected chi connectivity index (χ1v) is 6.98.